The quantitative estimate of drug-likeness (QED) is 0.851. The van der Waals surface area contributed by atoms with Gasteiger partial charge in [0.25, 0.3) is 0 Å². The number of likely N-dealkylation sites (tertiary alicyclic amines) is 1. The molecule has 1 saturated carbocycles. The summed E-state index contributed by atoms with van der Waals surface area (Å²) >= 11 is 0. The number of ether oxygens (including phenoxy) is 1. The van der Waals surface area contributed by atoms with Crippen molar-refractivity contribution in [2.24, 2.45) is 17.8 Å². The lowest BCUT2D eigenvalue weighted by atomic mass is 10.00. The number of nitrogens with zero attached hydrogens (tertiary/aromatic N) is 1. The third-order valence-corrected chi connectivity index (χ3v) is 4.99. The molecule has 3 atom stereocenters. The lowest BCUT2D eigenvalue weighted by Crippen LogP contribution is -2.40. The third-order valence-electron chi connectivity index (χ3n) is 4.99. The molecule has 0 spiro atoms. The fraction of sp³-hybridized carbons (Fsp3) is 0.526. The van der Waals surface area contributed by atoms with Crippen molar-refractivity contribution in [2.75, 3.05) is 25.5 Å². The van der Waals surface area contributed by atoms with Gasteiger partial charge in [0, 0.05) is 18.8 Å². The Kier molecular flexibility index (Phi) is 5.06. The number of carbonyl (C=O) groups excluding carboxylic acids is 3. The van der Waals surface area contributed by atoms with E-state index in [4.69, 9.17) is 0 Å². The number of hydrogen-bond donors (Lipinski definition) is 1. The van der Waals surface area contributed by atoms with Gasteiger partial charge in [-0.1, -0.05) is 6.92 Å². The third kappa shape index (κ3) is 4.00. The molecule has 0 radical (unpaired) electrons. The number of benzene rings is 1. The Morgan fingerprint density at radius 1 is 1.16 bits per heavy atom. The summed E-state index contributed by atoms with van der Waals surface area (Å²) in [7, 11) is 1.32. The van der Waals surface area contributed by atoms with E-state index < -0.39 is 5.97 Å². The van der Waals surface area contributed by atoms with E-state index in [1.807, 2.05) is 4.90 Å². The smallest absolute Gasteiger partial charge is 0.337 e. The number of amides is 2. The fourth-order valence-electron chi connectivity index (χ4n) is 3.42. The maximum Gasteiger partial charge on any atom is 0.337 e. The van der Waals surface area contributed by atoms with E-state index >= 15 is 0 Å². The lowest BCUT2D eigenvalue weighted by Gasteiger charge is -2.31. The van der Waals surface area contributed by atoms with Crippen LogP contribution < -0.4 is 5.32 Å². The van der Waals surface area contributed by atoms with Crippen LogP contribution in [0.3, 0.4) is 0 Å². The Hall–Kier alpha value is -2.37. The van der Waals surface area contributed by atoms with Crippen LogP contribution >= 0.6 is 0 Å². The molecule has 2 fully saturated rings. The molecule has 6 nitrogen and oxygen atoms in total. The van der Waals surface area contributed by atoms with Crippen molar-refractivity contribution in [1.82, 2.24) is 4.90 Å². The molecule has 1 aromatic rings. The highest BCUT2D eigenvalue weighted by Gasteiger charge is 2.49. The van der Waals surface area contributed by atoms with Gasteiger partial charge in [0.2, 0.25) is 11.8 Å². The Labute approximate surface area is 147 Å². The molecule has 25 heavy (non-hydrogen) atoms. The van der Waals surface area contributed by atoms with E-state index in [9.17, 15) is 14.4 Å². The van der Waals surface area contributed by atoms with Gasteiger partial charge in [-0.3, -0.25) is 9.59 Å². The number of methoxy groups -OCH3 is 1. The zero-order chi connectivity index (χ0) is 18.0. The van der Waals surface area contributed by atoms with Crippen LogP contribution in [0, 0.1) is 17.8 Å². The summed E-state index contributed by atoms with van der Waals surface area (Å²) in [6.45, 7) is 3.77. The van der Waals surface area contributed by atoms with Crippen molar-refractivity contribution in [1.29, 1.82) is 0 Å². The molecular weight excluding hydrogens is 320 g/mol. The molecule has 1 aliphatic carbocycles. The number of piperidine rings is 1. The minimum absolute atomic E-state index is 0.118. The molecule has 1 saturated heterocycles. The fourth-order valence-corrected chi connectivity index (χ4v) is 3.42. The van der Waals surface area contributed by atoms with Gasteiger partial charge >= 0.3 is 5.97 Å². The highest BCUT2D eigenvalue weighted by molar-refractivity contribution is 6.00. The monoisotopic (exact) mass is 344 g/mol. The van der Waals surface area contributed by atoms with Gasteiger partial charge in [-0.25, -0.2) is 4.79 Å². The van der Waals surface area contributed by atoms with Crippen molar-refractivity contribution in [3.8, 4) is 0 Å². The summed E-state index contributed by atoms with van der Waals surface area (Å²) in [4.78, 5) is 38.2. The van der Waals surface area contributed by atoms with Crippen LogP contribution in [0.5, 0.6) is 0 Å². The second-order valence-electron chi connectivity index (χ2n) is 7.04. The minimum atomic E-state index is -0.415. The van der Waals surface area contributed by atoms with Crippen LogP contribution in [-0.4, -0.2) is 42.9 Å². The molecule has 2 amide bonds. The summed E-state index contributed by atoms with van der Waals surface area (Å²) in [5.41, 5.74) is 1.04. The molecule has 1 aliphatic heterocycles. The second-order valence-corrected chi connectivity index (χ2v) is 7.04. The first-order valence-corrected chi connectivity index (χ1v) is 8.77. The normalized spacial score (nSPS) is 25.2. The molecule has 1 N–H and O–H groups in total. The maximum atomic E-state index is 12.5. The molecular formula is C19H24N2O4. The predicted octanol–water partition coefficient (Wildman–Crippen LogP) is 2.31. The largest absolute Gasteiger partial charge is 0.465 e. The SMILES string of the molecule is COC(=O)c1ccc(NC(=O)C2CC2C(=O)N2CCCC(C)C2)cc1. The maximum absolute atomic E-state index is 12.5. The van der Waals surface area contributed by atoms with Gasteiger partial charge in [0.05, 0.1) is 24.5 Å². The first-order valence-electron chi connectivity index (χ1n) is 8.77. The summed E-state index contributed by atoms with van der Waals surface area (Å²) in [5, 5.41) is 2.82. The number of nitrogens with one attached hydrogen (secondary N) is 1. The van der Waals surface area contributed by atoms with Gasteiger partial charge in [0.15, 0.2) is 0 Å². The average molecular weight is 344 g/mol. The van der Waals surface area contributed by atoms with Gasteiger partial charge < -0.3 is 15.0 Å². The zero-order valence-corrected chi connectivity index (χ0v) is 14.7. The van der Waals surface area contributed by atoms with Gasteiger partial charge in [-0.2, -0.15) is 0 Å². The number of carbonyl (C=O) groups is 3. The molecule has 1 heterocycles. The lowest BCUT2D eigenvalue weighted by molar-refractivity contribution is -0.135. The summed E-state index contributed by atoms with van der Waals surface area (Å²) in [5.74, 6) is -0.315. The minimum Gasteiger partial charge on any atom is -0.465 e. The van der Waals surface area contributed by atoms with Crippen LogP contribution in [0.15, 0.2) is 24.3 Å². The van der Waals surface area contributed by atoms with Crippen molar-refractivity contribution < 1.29 is 19.1 Å². The Morgan fingerprint density at radius 2 is 1.88 bits per heavy atom. The molecule has 0 aromatic heterocycles. The van der Waals surface area contributed by atoms with Crippen molar-refractivity contribution >= 4 is 23.5 Å². The second kappa shape index (κ2) is 7.25. The number of hydrogen-bond acceptors (Lipinski definition) is 4. The number of anilines is 1. The number of rotatable bonds is 4. The highest BCUT2D eigenvalue weighted by atomic mass is 16.5. The van der Waals surface area contributed by atoms with E-state index in [2.05, 4.69) is 17.0 Å². The standard InChI is InChI=1S/C19H24N2O4/c1-12-4-3-9-21(11-12)18(23)16-10-15(16)17(22)20-14-7-5-13(6-8-14)19(24)25-2/h5-8,12,15-16H,3-4,9-11H2,1-2H3,(H,20,22). The van der Waals surface area contributed by atoms with Gasteiger partial charge in [-0.15, -0.1) is 0 Å². The first kappa shape index (κ1) is 17.5. The number of esters is 1. The van der Waals surface area contributed by atoms with Gasteiger partial charge in [0.1, 0.15) is 0 Å². The van der Waals surface area contributed by atoms with Crippen LogP contribution in [0.2, 0.25) is 0 Å². The van der Waals surface area contributed by atoms with E-state index in [1.54, 1.807) is 24.3 Å². The topological polar surface area (TPSA) is 75.7 Å². The molecule has 134 valence electrons. The van der Waals surface area contributed by atoms with Crippen LogP contribution in [0.1, 0.15) is 36.5 Å². The Balaban J connectivity index is 1.53. The molecule has 3 rings (SSSR count). The molecule has 2 aliphatic rings. The van der Waals surface area contributed by atoms with E-state index in [-0.39, 0.29) is 23.7 Å². The molecule has 0 bridgehead atoms. The molecule has 6 heteroatoms. The highest BCUT2D eigenvalue weighted by Crippen LogP contribution is 2.41. The summed E-state index contributed by atoms with van der Waals surface area (Å²) < 4.78 is 4.64. The van der Waals surface area contributed by atoms with Crippen LogP contribution in [-0.2, 0) is 14.3 Å². The molecule has 3 unspecified atom stereocenters. The average Bonchev–Trinajstić information content (AvgIpc) is 3.42. The summed E-state index contributed by atoms with van der Waals surface area (Å²) in [6.07, 6.45) is 2.83. The van der Waals surface area contributed by atoms with Crippen molar-refractivity contribution in [3.05, 3.63) is 29.8 Å². The summed E-state index contributed by atoms with van der Waals surface area (Å²) in [6, 6.07) is 6.53. The van der Waals surface area contributed by atoms with E-state index in [1.165, 1.54) is 13.5 Å². The molecule has 1 aromatic carbocycles. The van der Waals surface area contributed by atoms with Gasteiger partial charge in [-0.05, 0) is 49.4 Å². The zero-order valence-electron chi connectivity index (χ0n) is 14.7. The van der Waals surface area contributed by atoms with Crippen LogP contribution in [0.4, 0.5) is 5.69 Å². The van der Waals surface area contributed by atoms with Crippen molar-refractivity contribution in [2.45, 2.75) is 26.2 Å². The first-order chi connectivity index (χ1) is 12.0. The van der Waals surface area contributed by atoms with E-state index in [0.717, 1.165) is 19.5 Å². The van der Waals surface area contributed by atoms with Crippen molar-refractivity contribution in [3.63, 3.8) is 0 Å². The Morgan fingerprint density at radius 3 is 2.52 bits per heavy atom. The predicted molar refractivity (Wildman–Crippen MR) is 93.0 cm³/mol. The van der Waals surface area contributed by atoms with E-state index in [0.29, 0.717) is 23.6 Å². The van der Waals surface area contributed by atoms with Crippen LogP contribution in [0.25, 0.3) is 0 Å². The Bertz CT molecular complexity index is 671.